The van der Waals surface area contributed by atoms with Crippen molar-refractivity contribution in [3.05, 3.63) is 76.9 Å². The van der Waals surface area contributed by atoms with E-state index < -0.39 is 17.0 Å². The van der Waals surface area contributed by atoms with E-state index in [-0.39, 0.29) is 11.5 Å². The van der Waals surface area contributed by atoms with Crippen LogP contribution in [0.5, 0.6) is 11.5 Å². The number of aryl methyl sites for hydroxylation is 2. The van der Waals surface area contributed by atoms with E-state index in [1.54, 1.807) is 42.8 Å². The Morgan fingerprint density at radius 2 is 1.14 bits per heavy atom. The first kappa shape index (κ1) is 23.1. The zero-order valence-corrected chi connectivity index (χ0v) is 18.9. The van der Waals surface area contributed by atoms with Gasteiger partial charge >= 0.3 is 35.6 Å². The molecule has 0 spiro atoms. The van der Waals surface area contributed by atoms with Crippen molar-refractivity contribution in [1.29, 1.82) is 0 Å². The SMILES string of the molecule is Cc1cccc(C=Nc2cccc(/N=C\c3cccc(C)c3O)n2)c1O.[Cl][Ti][Cl]. The zero-order chi connectivity index (χ0) is 21.2. The van der Waals surface area contributed by atoms with Crippen LogP contribution in [-0.4, -0.2) is 27.6 Å². The number of hydrogen-bond donors (Lipinski definition) is 2. The van der Waals surface area contributed by atoms with Gasteiger partial charge in [0.25, 0.3) is 0 Å². The molecule has 0 unspecified atom stereocenters. The van der Waals surface area contributed by atoms with Crippen LogP contribution in [0.2, 0.25) is 0 Å². The molecule has 0 radical (unpaired) electrons. The van der Waals surface area contributed by atoms with Crippen LogP contribution in [0, 0.1) is 13.8 Å². The van der Waals surface area contributed by atoms with Gasteiger partial charge < -0.3 is 10.2 Å². The van der Waals surface area contributed by atoms with Crippen LogP contribution in [-0.2, 0) is 17.0 Å². The number of halogens is 2. The maximum atomic E-state index is 10.0. The third-order valence-corrected chi connectivity index (χ3v) is 3.93. The van der Waals surface area contributed by atoms with E-state index in [4.69, 9.17) is 18.6 Å². The van der Waals surface area contributed by atoms with Crippen molar-refractivity contribution >= 4 is 42.7 Å². The van der Waals surface area contributed by atoms with E-state index >= 15 is 0 Å². The van der Waals surface area contributed by atoms with Crippen LogP contribution >= 0.6 is 18.6 Å². The van der Waals surface area contributed by atoms with Gasteiger partial charge in [-0.15, -0.1) is 0 Å². The van der Waals surface area contributed by atoms with Crippen molar-refractivity contribution in [2.75, 3.05) is 0 Å². The zero-order valence-electron chi connectivity index (χ0n) is 15.8. The van der Waals surface area contributed by atoms with Gasteiger partial charge in [-0.2, -0.15) is 0 Å². The Hall–Kier alpha value is -2.18. The number of nitrogens with zero attached hydrogens (tertiary/aromatic N) is 3. The molecule has 2 N–H and O–H groups in total. The van der Waals surface area contributed by atoms with Crippen molar-refractivity contribution in [1.82, 2.24) is 4.98 Å². The number of para-hydroxylation sites is 2. The predicted molar refractivity (Wildman–Crippen MR) is 116 cm³/mol. The number of aliphatic imine (C=N–C) groups is 2. The standard InChI is InChI=1S/C21H19N3O2.2ClH.Ti/c1-14-6-3-8-16(20(14)25)12-22-18-10-5-11-19(24-18)23-13-17-9-4-7-15(2)21(17)26;;;/h3-13,25-26H,1-2H3;2*1H;/q;;;+2/p-2/b22-12-,23-13?;;;. The van der Waals surface area contributed by atoms with Gasteiger partial charge in [0.2, 0.25) is 0 Å². The van der Waals surface area contributed by atoms with Crippen LogP contribution in [0.3, 0.4) is 0 Å². The number of rotatable bonds is 4. The molecule has 3 rings (SSSR count). The van der Waals surface area contributed by atoms with Crippen LogP contribution in [0.1, 0.15) is 22.3 Å². The summed E-state index contributed by atoms with van der Waals surface area (Å²) in [5.74, 6) is 1.38. The quantitative estimate of drug-likeness (QED) is 0.368. The van der Waals surface area contributed by atoms with Crippen molar-refractivity contribution in [3.63, 3.8) is 0 Å². The number of pyridine rings is 1. The second-order valence-electron chi connectivity index (χ2n) is 5.97. The fourth-order valence-corrected chi connectivity index (χ4v) is 2.40. The van der Waals surface area contributed by atoms with E-state index in [9.17, 15) is 10.2 Å². The molecular weight excluding hydrogens is 445 g/mol. The Labute approximate surface area is 186 Å². The van der Waals surface area contributed by atoms with Gasteiger partial charge in [0.15, 0.2) is 11.6 Å². The second kappa shape index (κ2) is 11.7. The topological polar surface area (TPSA) is 78.1 Å². The number of aromatic hydroxyl groups is 2. The molecule has 3 aromatic rings. The number of phenolic OH excluding ortho intramolecular Hbond substituents is 2. The van der Waals surface area contributed by atoms with Gasteiger partial charge in [-0.1, -0.05) is 30.3 Å². The normalized spacial score (nSPS) is 10.8. The molecule has 1 aromatic heterocycles. The van der Waals surface area contributed by atoms with E-state index in [2.05, 4.69) is 15.0 Å². The van der Waals surface area contributed by atoms with Gasteiger partial charge in [0.05, 0.1) is 0 Å². The predicted octanol–water partition coefficient (Wildman–Crippen LogP) is 5.99. The van der Waals surface area contributed by atoms with Gasteiger partial charge in [-0.25, -0.2) is 15.0 Å². The molecule has 2 aromatic carbocycles. The van der Waals surface area contributed by atoms with Gasteiger partial charge in [0.1, 0.15) is 11.5 Å². The van der Waals surface area contributed by atoms with Crippen molar-refractivity contribution in [2.24, 2.45) is 9.98 Å². The Morgan fingerprint density at radius 1 is 0.759 bits per heavy atom. The monoisotopic (exact) mass is 463 g/mol. The minimum absolute atomic E-state index is 0.209. The summed E-state index contributed by atoms with van der Waals surface area (Å²) in [5.41, 5.74) is 2.84. The molecule has 0 bridgehead atoms. The fourth-order valence-electron chi connectivity index (χ4n) is 2.40. The number of benzene rings is 2. The van der Waals surface area contributed by atoms with Crippen LogP contribution in [0.15, 0.2) is 64.6 Å². The molecule has 0 aliphatic rings. The molecule has 0 aliphatic heterocycles. The van der Waals surface area contributed by atoms with Crippen molar-refractivity contribution in [3.8, 4) is 11.5 Å². The molecule has 0 saturated heterocycles. The second-order valence-corrected chi connectivity index (χ2v) is 8.55. The minimum atomic E-state index is -0.556. The van der Waals surface area contributed by atoms with E-state index in [0.717, 1.165) is 11.1 Å². The molecular formula is C21H19Cl2N3O2Ti. The van der Waals surface area contributed by atoms with E-state index in [1.807, 2.05) is 38.1 Å². The summed E-state index contributed by atoms with van der Waals surface area (Å²) in [4.78, 5) is 13.0. The molecule has 0 fully saturated rings. The summed E-state index contributed by atoms with van der Waals surface area (Å²) >= 11 is -0.556. The average molecular weight is 464 g/mol. The third kappa shape index (κ3) is 6.98. The van der Waals surface area contributed by atoms with Crippen LogP contribution in [0.4, 0.5) is 11.6 Å². The third-order valence-electron chi connectivity index (χ3n) is 3.93. The number of phenols is 2. The van der Waals surface area contributed by atoms with Gasteiger partial charge in [0, 0.05) is 23.6 Å². The summed E-state index contributed by atoms with van der Waals surface area (Å²) < 4.78 is 0. The maximum absolute atomic E-state index is 10.0. The summed E-state index contributed by atoms with van der Waals surface area (Å²) in [6, 6.07) is 16.3. The molecule has 29 heavy (non-hydrogen) atoms. The van der Waals surface area contributed by atoms with Gasteiger partial charge in [-0.3, -0.25) is 0 Å². The Balaban J connectivity index is 0.000000941. The Bertz CT molecular complexity index is 950. The Kier molecular flexibility index (Phi) is 9.35. The summed E-state index contributed by atoms with van der Waals surface area (Å²) in [7, 11) is 9.78. The Morgan fingerprint density at radius 3 is 1.55 bits per heavy atom. The average Bonchev–Trinajstić information content (AvgIpc) is 2.71. The molecule has 0 amide bonds. The molecule has 0 aliphatic carbocycles. The number of hydrogen-bond acceptors (Lipinski definition) is 5. The van der Waals surface area contributed by atoms with E-state index in [1.165, 1.54) is 0 Å². The summed E-state index contributed by atoms with van der Waals surface area (Å²) in [6.45, 7) is 3.67. The van der Waals surface area contributed by atoms with Gasteiger partial charge in [-0.05, 0) is 49.2 Å². The molecule has 8 heteroatoms. The van der Waals surface area contributed by atoms with E-state index in [0.29, 0.717) is 22.8 Å². The first-order valence-corrected chi connectivity index (χ1v) is 12.8. The first-order chi connectivity index (χ1) is 14.0. The van der Waals surface area contributed by atoms with Crippen LogP contribution in [0.25, 0.3) is 0 Å². The van der Waals surface area contributed by atoms with Crippen molar-refractivity contribution in [2.45, 2.75) is 13.8 Å². The molecule has 0 atom stereocenters. The summed E-state index contributed by atoms with van der Waals surface area (Å²) in [5, 5.41) is 20.1. The van der Waals surface area contributed by atoms with Crippen LogP contribution < -0.4 is 0 Å². The summed E-state index contributed by atoms with van der Waals surface area (Å²) in [6.07, 6.45) is 3.15. The number of aromatic nitrogens is 1. The molecule has 5 nitrogen and oxygen atoms in total. The first-order valence-electron chi connectivity index (χ1n) is 8.55. The molecule has 148 valence electrons. The molecule has 1 heterocycles. The fraction of sp³-hybridized carbons (Fsp3) is 0.0952. The van der Waals surface area contributed by atoms with Crippen molar-refractivity contribution < 1.29 is 27.2 Å². The molecule has 0 saturated carbocycles.